The van der Waals surface area contributed by atoms with E-state index >= 15 is 0 Å². The average Bonchev–Trinajstić information content (AvgIpc) is 2.31. The summed E-state index contributed by atoms with van der Waals surface area (Å²) in [5.41, 5.74) is 1.22. The summed E-state index contributed by atoms with van der Waals surface area (Å²) in [6.07, 6.45) is 0. The van der Waals surface area contributed by atoms with Crippen LogP contribution in [0.5, 0.6) is 0 Å². The van der Waals surface area contributed by atoms with Crippen LogP contribution < -0.4 is 9.89 Å². The van der Waals surface area contributed by atoms with Gasteiger partial charge in [0.15, 0.2) is 3.09 Å². The maximum atomic E-state index is 6.10. The average molecular weight is 332 g/mol. The van der Waals surface area contributed by atoms with Gasteiger partial charge in [-0.1, -0.05) is 23.2 Å². The fourth-order valence-corrected chi connectivity index (χ4v) is 5.54. The summed E-state index contributed by atoms with van der Waals surface area (Å²) in [6.45, 7) is 2.05. The molecule has 12 heavy (non-hydrogen) atoms. The van der Waals surface area contributed by atoms with Gasteiger partial charge in [-0.05, 0) is 38.6 Å². The van der Waals surface area contributed by atoms with Crippen molar-refractivity contribution < 1.29 is 0 Å². The van der Waals surface area contributed by atoms with Crippen molar-refractivity contribution in [3.63, 3.8) is 0 Å². The van der Waals surface area contributed by atoms with Crippen LogP contribution in [0.3, 0.4) is 0 Å². The van der Waals surface area contributed by atoms with Gasteiger partial charge >= 0.3 is 0 Å². The zero-order valence-electron chi connectivity index (χ0n) is 6.07. The Morgan fingerprint density at radius 1 is 1.50 bits per heavy atom. The van der Waals surface area contributed by atoms with Crippen molar-refractivity contribution in [2.24, 2.45) is 4.99 Å². The molecule has 0 saturated carbocycles. The molecule has 64 valence electrons. The lowest BCUT2D eigenvalue weighted by Crippen LogP contribution is -2.24. The Morgan fingerprint density at radius 3 is 3.00 bits per heavy atom. The van der Waals surface area contributed by atoms with Crippen LogP contribution in [0.15, 0.2) is 10.4 Å². The normalized spacial score (nSPS) is 15.9. The molecule has 5 heteroatoms. The third-order valence-corrected chi connectivity index (χ3v) is 5.41. The molecule has 1 aromatic rings. The molecule has 0 unspecified atom stereocenters. The van der Waals surface area contributed by atoms with E-state index in [2.05, 4.69) is 17.3 Å². The number of hydrogen-bond donors (Lipinski definition) is 0. The van der Waals surface area contributed by atoms with Crippen molar-refractivity contribution in [1.82, 2.24) is 0 Å². The molecule has 1 aliphatic rings. The van der Waals surface area contributed by atoms with E-state index in [0.717, 1.165) is 12.9 Å². The number of aryl methyl sites for hydroxylation is 1. The zero-order valence-corrected chi connectivity index (χ0v) is 10.6. The van der Waals surface area contributed by atoms with Crippen LogP contribution in [0.25, 0.3) is 3.04 Å². The SMILES string of the molecule is Cc1csc2c1=C(Cl)I=C(Cl)N=2. The van der Waals surface area contributed by atoms with Crippen LogP contribution in [0.2, 0.25) is 0 Å². The van der Waals surface area contributed by atoms with Gasteiger partial charge in [0.25, 0.3) is 0 Å². The van der Waals surface area contributed by atoms with Crippen molar-refractivity contribution >= 4 is 61.4 Å². The van der Waals surface area contributed by atoms with Crippen molar-refractivity contribution in [3.8, 4) is 0 Å². The van der Waals surface area contributed by atoms with Crippen LogP contribution in [-0.4, -0.2) is 3.09 Å². The van der Waals surface area contributed by atoms with E-state index in [1.54, 1.807) is 11.3 Å². The minimum atomic E-state index is -0.386. The van der Waals surface area contributed by atoms with Gasteiger partial charge in [0, 0.05) is 5.22 Å². The Hall–Kier alpha value is 0.550. The molecular formula is C7H4Cl2INS. The Bertz CT molecular complexity index is 474. The summed E-state index contributed by atoms with van der Waals surface area (Å²) in [6, 6.07) is 0. The largest absolute Gasteiger partial charge is 0.219 e. The standard InChI is InChI=1S/C7H4Cl2INS/c1-3-2-12-6-4(3)5(8)10-7(9)11-6/h2H,1H3. The highest BCUT2D eigenvalue weighted by Crippen LogP contribution is 2.24. The van der Waals surface area contributed by atoms with Crippen molar-refractivity contribution in [3.05, 3.63) is 20.8 Å². The van der Waals surface area contributed by atoms with E-state index in [9.17, 15) is 0 Å². The highest BCUT2D eigenvalue weighted by molar-refractivity contribution is 14.2. The van der Waals surface area contributed by atoms with Crippen LogP contribution in [0, 0.1) is 6.92 Å². The van der Waals surface area contributed by atoms with Gasteiger partial charge < -0.3 is 0 Å². The number of fused-ring (bicyclic) bond motifs is 1. The molecule has 1 aliphatic heterocycles. The molecule has 0 N–H and O–H groups in total. The topological polar surface area (TPSA) is 12.4 Å². The second-order valence-corrected chi connectivity index (χ2v) is 7.82. The first kappa shape index (κ1) is 9.12. The Kier molecular flexibility index (Phi) is 2.56. The van der Waals surface area contributed by atoms with Crippen LogP contribution in [0.4, 0.5) is 0 Å². The molecule has 2 heterocycles. The molecule has 0 atom stereocenters. The monoisotopic (exact) mass is 331 g/mol. The van der Waals surface area contributed by atoms with E-state index in [0.29, 0.717) is 3.09 Å². The summed E-state index contributed by atoms with van der Waals surface area (Å²) in [4.78, 5) is 4.26. The second-order valence-electron chi connectivity index (χ2n) is 2.31. The summed E-state index contributed by atoms with van der Waals surface area (Å²) < 4.78 is 2.57. The lowest BCUT2D eigenvalue weighted by molar-refractivity contribution is 1.42. The minimum absolute atomic E-state index is 0.386. The van der Waals surface area contributed by atoms with E-state index in [4.69, 9.17) is 23.2 Å². The Balaban J connectivity index is 2.95. The summed E-state index contributed by atoms with van der Waals surface area (Å²) in [5, 5.41) is 3.19. The van der Waals surface area contributed by atoms with E-state index in [1.165, 1.54) is 5.56 Å². The first-order chi connectivity index (χ1) is 5.68. The van der Waals surface area contributed by atoms with Crippen molar-refractivity contribution in [2.45, 2.75) is 6.92 Å². The summed E-state index contributed by atoms with van der Waals surface area (Å²) in [5.74, 6) is 0. The van der Waals surface area contributed by atoms with Crippen LogP contribution in [-0.2, 0) is 0 Å². The molecular weight excluding hydrogens is 328 g/mol. The van der Waals surface area contributed by atoms with Crippen molar-refractivity contribution in [2.75, 3.05) is 0 Å². The van der Waals surface area contributed by atoms with Gasteiger partial charge in [-0.3, -0.25) is 0 Å². The maximum Gasteiger partial charge on any atom is 0.163 e. The molecule has 0 radical (unpaired) electrons. The number of rotatable bonds is 0. The van der Waals surface area contributed by atoms with Gasteiger partial charge in [0.2, 0.25) is 0 Å². The van der Waals surface area contributed by atoms with E-state index in [-0.39, 0.29) is 20.7 Å². The number of nitrogens with zero attached hydrogens (tertiary/aromatic N) is 1. The molecule has 0 saturated heterocycles. The van der Waals surface area contributed by atoms with Crippen LogP contribution >= 0.6 is 55.3 Å². The fourth-order valence-electron chi connectivity index (χ4n) is 0.956. The maximum absolute atomic E-state index is 6.10. The predicted molar refractivity (Wildman–Crippen MR) is 64.0 cm³/mol. The molecule has 0 bridgehead atoms. The molecule has 1 aromatic heterocycles. The smallest absolute Gasteiger partial charge is 0.163 e. The molecule has 0 fully saturated rings. The Labute approximate surface area is 93.5 Å². The third kappa shape index (κ3) is 1.47. The van der Waals surface area contributed by atoms with Gasteiger partial charge in [0.1, 0.15) is 4.67 Å². The second kappa shape index (κ2) is 3.36. The van der Waals surface area contributed by atoms with Gasteiger partial charge in [-0.15, -0.1) is 11.3 Å². The highest BCUT2D eigenvalue weighted by atomic mass is 127. The first-order valence-corrected chi connectivity index (χ1v) is 6.97. The summed E-state index contributed by atoms with van der Waals surface area (Å²) in [7, 11) is 0. The molecule has 0 amide bonds. The van der Waals surface area contributed by atoms with Gasteiger partial charge in [0.05, 0.1) is 3.04 Å². The molecule has 0 aliphatic carbocycles. The zero-order chi connectivity index (χ0) is 8.72. The van der Waals surface area contributed by atoms with E-state index in [1.807, 2.05) is 0 Å². The molecule has 0 aromatic carbocycles. The minimum Gasteiger partial charge on any atom is -0.219 e. The number of hydrogen-bond acceptors (Lipinski definition) is 2. The lowest BCUT2D eigenvalue weighted by Gasteiger charge is -1.95. The predicted octanol–water partition coefficient (Wildman–Crippen LogP) is 2.29. The number of halogens is 3. The number of thiophene rings is 1. The lowest BCUT2D eigenvalue weighted by atomic mass is 10.3. The Morgan fingerprint density at radius 2 is 2.25 bits per heavy atom. The van der Waals surface area contributed by atoms with Gasteiger partial charge in [-0.2, -0.15) is 0 Å². The van der Waals surface area contributed by atoms with Gasteiger partial charge in [-0.25, -0.2) is 4.99 Å². The quantitative estimate of drug-likeness (QED) is 0.511. The molecule has 0 spiro atoms. The molecule has 1 nitrogen and oxygen atoms in total. The fraction of sp³-hybridized carbons (Fsp3) is 0.143. The highest BCUT2D eigenvalue weighted by Gasteiger charge is 2.06. The van der Waals surface area contributed by atoms with E-state index < -0.39 is 0 Å². The third-order valence-electron chi connectivity index (χ3n) is 1.49. The summed E-state index contributed by atoms with van der Waals surface area (Å²) >= 11 is 13.2. The van der Waals surface area contributed by atoms with Crippen molar-refractivity contribution in [1.29, 1.82) is 0 Å². The first-order valence-electron chi connectivity index (χ1n) is 3.18. The molecule has 2 rings (SSSR count). The van der Waals surface area contributed by atoms with Crippen LogP contribution in [0.1, 0.15) is 5.56 Å².